The molecule has 0 unspecified atom stereocenters. The van der Waals surface area contributed by atoms with E-state index in [1.165, 1.54) is 28.7 Å². The van der Waals surface area contributed by atoms with Crippen molar-refractivity contribution in [2.45, 2.75) is 0 Å². The maximum absolute atomic E-state index is 13.6. The first-order valence-corrected chi connectivity index (χ1v) is 7.50. The number of halogens is 1. The third-order valence-corrected chi connectivity index (χ3v) is 4.49. The normalized spacial score (nSPS) is 10.7. The van der Waals surface area contributed by atoms with E-state index in [4.69, 9.17) is 0 Å². The number of rotatable bonds is 3. The van der Waals surface area contributed by atoms with Crippen molar-refractivity contribution in [3.63, 3.8) is 0 Å². The molecule has 0 saturated carbocycles. The smallest absolute Gasteiger partial charge is 0.254 e. The number of hydrogen-bond donors (Lipinski definition) is 2. The van der Waals surface area contributed by atoms with Crippen LogP contribution in [-0.2, 0) is 0 Å². The summed E-state index contributed by atoms with van der Waals surface area (Å²) in [6.45, 7) is 0. The molecule has 4 nitrogen and oxygen atoms in total. The minimum absolute atomic E-state index is 0.166. The van der Waals surface area contributed by atoms with Crippen LogP contribution >= 0.6 is 22.7 Å². The lowest BCUT2D eigenvalue weighted by Gasteiger charge is -2.02. The van der Waals surface area contributed by atoms with E-state index in [9.17, 15) is 9.18 Å². The molecule has 2 heterocycles. The van der Waals surface area contributed by atoms with Crippen LogP contribution in [0.1, 0.15) is 10.4 Å². The van der Waals surface area contributed by atoms with Crippen LogP contribution in [0.5, 0.6) is 0 Å². The Balaban J connectivity index is 1.96. The van der Waals surface area contributed by atoms with Crippen LogP contribution in [0, 0.1) is 5.82 Å². The van der Waals surface area contributed by atoms with Crippen LogP contribution < -0.4 is 10.6 Å². The van der Waals surface area contributed by atoms with Gasteiger partial charge in [0.05, 0.1) is 10.3 Å². The van der Waals surface area contributed by atoms with Crippen LogP contribution in [0.2, 0.25) is 0 Å². The average Bonchev–Trinajstić information content (AvgIpc) is 3.05. The molecule has 1 amide bonds. The number of aromatic nitrogens is 1. The molecule has 1 aromatic carbocycles. The van der Waals surface area contributed by atoms with Crippen molar-refractivity contribution in [2.24, 2.45) is 0 Å². The van der Waals surface area contributed by atoms with Crippen molar-refractivity contribution in [1.82, 2.24) is 10.3 Å². The van der Waals surface area contributed by atoms with E-state index in [1.807, 2.05) is 11.4 Å². The first-order chi connectivity index (χ1) is 9.69. The number of nitrogens with one attached hydrogen (secondary N) is 2. The summed E-state index contributed by atoms with van der Waals surface area (Å²) in [7, 11) is 1.58. The number of para-hydroxylation sites is 1. The molecule has 3 rings (SSSR count). The number of fused-ring (bicyclic) bond motifs is 1. The number of benzene rings is 1. The van der Waals surface area contributed by atoms with Gasteiger partial charge >= 0.3 is 0 Å². The number of nitrogens with zero attached hydrogens (tertiary/aromatic N) is 1. The lowest BCUT2D eigenvalue weighted by molar-refractivity contribution is 0.0964. The second-order valence-corrected chi connectivity index (χ2v) is 5.92. The van der Waals surface area contributed by atoms with E-state index < -0.39 is 0 Å². The maximum atomic E-state index is 13.6. The molecule has 2 N–H and O–H groups in total. The number of thiazole rings is 1. The van der Waals surface area contributed by atoms with Crippen LogP contribution in [0.3, 0.4) is 0 Å². The zero-order valence-corrected chi connectivity index (χ0v) is 12.1. The highest BCUT2D eigenvalue weighted by atomic mass is 32.1. The minimum atomic E-state index is -0.343. The second kappa shape index (κ2) is 5.18. The van der Waals surface area contributed by atoms with Crippen molar-refractivity contribution in [3.05, 3.63) is 41.0 Å². The van der Waals surface area contributed by atoms with Gasteiger partial charge in [0.1, 0.15) is 16.3 Å². The van der Waals surface area contributed by atoms with E-state index in [0.717, 1.165) is 4.70 Å². The predicted octanol–water partition coefficient (Wildman–Crippen LogP) is 3.60. The molecule has 3 aromatic rings. The molecule has 7 heteroatoms. The molecule has 0 atom stereocenters. The monoisotopic (exact) mass is 307 g/mol. The van der Waals surface area contributed by atoms with E-state index in [-0.39, 0.29) is 11.7 Å². The summed E-state index contributed by atoms with van der Waals surface area (Å²) in [6, 6.07) is 6.59. The van der Waals surface area contributed by atoms with Crippen LogP contribution in [0.25, 0.3) is 10.2 Å². The van der Waals surface area contributed by atoms with E-state index in [2.05, 4.69) is 15.6 Å². The van der Waals surface area contributed by atoms with Gasteiger partial charge in [-0.05, 0) is 23.6 Å². The number of carbonyl (C=O) groups excluding carboxylic acids is 1. The van der Waals surface area contributed by atoms with Gasteiger partial charge in [-0.1, -0.05) is 17.4 Å². The number of thiophene rings is 1. The maximum Gasteiger partial charge on any atom is 0.254 e. The molecule has 0 saturated heterocycles. The quantitative estimate of drug-likeness (QED) is 0.777. The highest BCUT2D eigenvalue weighted by Crippen LogP contribution is 2.32. The SMILES string of the molecule is CNC(=O)c1ccsc1Nc1nc2c(F)cccc2s1. The molecular weight excluding hydrogens is 297 g/mol. The van der Waals surface area contributed by atoms with Crippen LogP contribution in [-0.4, -0.2) is 17.9 Å². The summed E-state index contributed by atoms with van der Waals surface area (Å²) in [5.41, 5.74) is 0.898. The topological polar surface area (TPSA) is 54.0 Å². The Labute approximate surface area is 122 Å². The van der Waals surface area contributed by atoms with E-state index in [0.29, 0.717) is 21.2 Å². The van der Waals surface area contributed by atoms with Gasteiger partial charge in [0, 0.05) is 7.05 Å². The number of hydrogen-bond acceptors (Lipinski definition) is 5. The summed E-state index contributed by atoms with van der Waals surface area (Å²) in [5.74, 6) is -0.509. The third-order valence-electron chi connectivity index (χ3n) is 2.73. The Morgan fingerprint density at radius 1 is 1.35 bits per heavy atom. The molecule has 0 aliphatic rings. The van der Waals surface area contributed by atoms with Crippen molar-refractivity contribution >= 4 is 48.9 Å². The van der Waals surface area contributed by atoms with Crippen molar-refractivity contribution in [2.75, 3.05) is 12.4 Å². The van der Waals surface area contributed by atoms with Gasteiger partial charge in [-0.2, -0.15) is 0 Å². The van der Waals surface area contributed by atoms with Gasteiger partial charge in [-0.3, -0.25) is 4.79 Å². The minimum Gasteiger partial charge on any atom is -0.355 e. The Morgan fingerprint density at radius 2 is 2.20 bits per heavy atom. The molecule has 0 aliphatic carbocycles. The number of amides is 1. The Morgan fingerprint density at radius 3 is 2.95 bits per heavy atom. The molecule has 2 aromatic heterocycles. The first-order valence-electron chi connectivity index (χ1n) is 5.80. The summed E-state index contributed by atoms with van der Waals surface area (Å²) < 4.78 is 14.4. The van der Waals surface area contributed by atoms with Gasteiger partial charge in [-0.25, -0.2) is 9.37 Å². The average molecular weight is 307 g/mol. The molecule has 0 fully saturated rings. The first kappa shape index (κ1) is 13.0. The highest BCUT2D eigenvalue weighted by Gasteiger charge is 2.14. The molecule has 102 valence electrons. The van der Waals surface area contributed by atoms with Crippen LogP contribution in [0.4, 0.5) is 14.5 Å². The summed E-state index contributed by atoms with van der Waals surface area (Å²) in [5, 5.41) is 8.75. The van der Waals surface area contributed by atoms with Gasteiger partial charge in [0.25, 0.3) is 5.91 Å². The summed E-state index contributed by atoms with van der Waals surface area (Å²) >= 11 is 2.75. The number of anilines is 2. The van der Waals surface area contributed by atoms with Gasteiger partial charge in [-0.15, -0.1) is 11.3 Å². The third kappa shape index (κ3) is 2.25. The summed E-state index contributed by atoms with van der Waals surface area (Å²) in [4.78, 5) is 15.9. The Kier molecular flexibility index (Phi) is 3.37. The number of carbonyl (C=O) groups is 1. The van der Waals surface area contributed by atoms with Crippen molar-refractivity contribution < 1.29 is 9.18 Å². The highest BCUT2D eigenvalue weighted by molar-refractivity contribution is 7.22. The largest absolute Gasteiger partial charge is 0.355 e. The van der Waals surface area contributed by atoms with Crippen molar-refractivity contribution in [3.8, 4) is 0 Å². The molecule has 0 radical (unpaired) electrons. The van der Waals surface area contributed by atoms with Crippen LogP contribution in [0.15, 0.2) is 29.6 Å². The molecule has 0 spiro atoms. The van der Waals surface area contributed by atoms with E-state index >= 15 is 0 Å². The fourth-order valence-electron chi connectivity index (χ4n) is 1.79. The summed E-state index contributed by atoms with van der Waals surface area (Å²) in [6.07, 6.45) is 0. The molecule has 0 aliphatic heterocycles. The van der Waals surface area contributed by atoms with E-state index in [1.54, 1.807) is 19.2 Å². The Bertz CT molecular complexity index is 781. The lowest BCUT2D eigenvalue weighted by atomic mass is 10.3. The van der Waals surface area contributed by atoms with Gasteiger partial charge in [0.2, 0.25) is 0 Å². The molecule has 20 heavy (non-hydrogen) atoms. The predicted molar refractivity (Wildman–Crippen MR) is 80.6 cm³/mol. The van der Waals surface area contributed by atoms with Gasteiger partial charge < -0.3 is 10.6 Å². The fraction of sp³-hybridized carbons (Fsp3) is 0.0769. The van der Waals surface area contributed by atoms with Gasteiger partial charge in [0.15, 0.2) is 5.13 Å². The molecule has 0 bridgehead atoms. The molecular formula is C13H10FN3OS2. The van der Waals surface area contributed by atoms with Crippen molar-refractivity contribution in [1.29, 1.82) is 0 Å². The zero-order valence-electron chi connectivity index (χ0n) is 10.4. The second-order valence-electron chi connectivity index (χ2n) is 3.97. The Hall–Kier alpha value is -1.99. The zero-order chi connectivity index (χ0) is 14.1. The lowest BCUT2D eigenvalue weighted by Crippen LogP contribution is -2.17. The fourth-order valence-corrected chi connectivity index (χ4v) is 3.52. The standard InChI is InChI=1S/C13H10FN3OS2/c1-15-11(18)7-5-6-19-12(7)17-13-16-10-8(14)3-2-4-9(10)20-13/h2-6H,1H3,(H,15,18)(H,16,17).